The number of rotatable bonds is 9. The summed E-state index contributed by atoms with van der Waals surface area (Å²) in [6.07, 6.45) is 5.08. The molecule has 0 heterocycles. The van der Waals surface area contributed by atoms with Crippen LogP contribution in [-0.2, 0) is 22.4 Å². The average molecular weight is 343 g/mol. The van der Waals surface area contributed by atoms with Gasteiger partial charge in [0.25, 0.3) is 0 Å². The topological polar surface area (TPSA) is 34.1 Å². The Bertz CT molecular complexity index is 579. The maximum Gasteiger partial charge on any atom is 0.139 e. The number of hydrogen-bond donors (Lipinski definition) is 0. The molecule has 4 unspecified atom stereocenters. The van der Waals surface area contributed by atoms with Crippen molar-refractivity contribution in [3.8, 4) is 0 Å². The van der Waals surface area contributed by atoms with Crippen LogP contribution in [0.15, 0.2) is 24.3 Å². The normalized spacial score (nSPS) is 19.1. The molecule has 4 atom stereocenters. The quantitative estimate of drug-likeness (QED) is 0.612. The summed E-state index contributed by atoms with van der Waals surface area (Å²) in [5.74, 6) is 1.91. The van der Waals surface area contributed by atoms with Crippen molar-refractivity contribution in [3.05, 3.63) is 35.4 Å². The van der Waals surface area contributed by atoms with Crippen LogP contribution in [0.2, 0.25) is 0 Å². The SMILES string of the molecule is CC(=O)C(C)CCCC(C)C(C)C(=O)C(C)C1Cc2ccccc2C1. The molecular formula is C23H34O2. The first-order valence-corrected chi connectivity index (χ1v) is 9.92. The van der Waals surface area contributed by atoms with E-state index in [1.807, 2.05) is 6.92 Å². The van der Waals surface area contributed by atoms with E-state index in [0.29, 0.717) is 17.6 Å². The Balaban J connectivity index is 1.84. The fraction of sp³-hybridized carbons (Fsp3) is 0.652. The second kappa shape index (κ2) is 8.78. The number of Topliss-reactive ketones (excluding diaryl/α,β-unsaturated/α-hetero) is 2. The highest BCUT2D eigenvalue weighted by Gasteiger charge is 2.33. The molecule has 1 aromatic rings. The molecule has 2 heteroatoms. The molecule has 0 fully saturated rings. The van der Waals surface area contributed by atoms with E-state index in [0.717, 1.165) is 32.1 Å². The molecule has 0 saturated carbocycles. The Morgan fingerprint density at radius 2 is 1.56 bits per heavy atom. The Kier molecular flexibility index (Phi) is 6.98. The summed E-state index contributed by atoms with van der Waals surface area (Å²) in [4.78, 5) is 24.3. The summed E-state index contributed by atoms with van der Waals surface area (Å²) in [5, 5.41) is 0. The lowest BCUT2D eigenvalue weighted by Gasteiger charge is -2.25. The Hall–Kier alpha value is -1.44. The highest BCUT2D eigenvalue weighted by Crippen LogP contribution is 2.34. The van der Waals surface area contributed by atoms with Gasteiger partial charge in [0.1, 0.15) is 11.6 Å². The minimum atomic E-state index is 0.103. The third-order valence-electron chi connectivity index (χ3n) is 6.53. The summed E-state index contributed by atoms with van der Waals surface area (Å²) >= 11 is 0. The van der Waals surface area contributed by atoms with Crippen LogP contribution < -0.4 is 0 Å². The Morgan fingerprint density at radius 3 is 2.08 bits per heavy atom. The monoisotopic (exact) mass is 342 g/mol. The molecule has 25 heavy (non-hydrogen) atoms. The number of benzene rings is 1. The average Bonchev–Trinajstić information content (AvgIpc) is 3.03. The molecule has 1 aliphatic rings. The maximum absolute atomic E-state index is 13.0. The minimum Gasteiger partial charge on any atom is -0.300 e. The van der Waals surface area contributed by atoms with Crippen LogP contribution in [0.1, 0.15) is 65.0 Å². The first-order valence-electron chi connectivity index (χ1n) is 9.92. The summed E-state index contributed by atoms with van der Waals surface area (Å²) in [6, 6.07) is 8.60. The van der Waals surface area contributed by atoms with Gasteiger partial charge in [0.15, 0.2) is 0 Å². The van der Waals surface area contributed by atoms with Crippen molar-refractivity contribution in [3.63, 3.8) is 0 Å². The van der Waals surface area contributed by atoms with Gasteiger partial charge in [0.05, 0.1) is 0 Å². The van der Waals surface area contributed by atoms with Gasteiger partial charge in [-0.2, -0.15) is 0 Å². The molecule has 0 saturated heterocycles. The maximum atomic E-state index is 13.0. The van der Waals surface area contributed by atoms with Crippen molar-refractivity contribution < 1.29 is 9.59 Å². The third-order valence-corrected chi connectivity index (χ3v) is 6.53. The fourth-order valence-electron chi connectivity index (χ4n) is 4.07. The van der Waals surface area contributed by atoms with E-state index in [9.17, 15) is 9.59 Å². The lowest BCUT2D eigenvalue weighted by Crippen LogP contribution is -2.30. The number of ketones is 2. The van der Waals surface area contributed by atoms with E-state index < -0.39 is 0 Å². The Labute approximate surface area is 153 Å². The highest BCUT2D eigenvalue weighted by atomic mass is 16.1. The lowest BCUT2D eigenvalue weighted by molar-refractivity contribution is -0.129. The second-order valence-corrected chi connectivity index (χ2v) is 8.34. The zero-order valence-electron chi connectivity index (χ0n) is 16.5. The van der Waals surface area contributed by atoms with E-state index in [2.05, 4.69) is 45.0 Å². The third kappa shape index (κ3) is 5.03. The van der Waals surface area contributed by atoms with E-state index in [1.54, 1.807) is 6.92 Å². The minimum absolute atomic E-state index is 0.103. The van der Waals surface area contributed by atoms with Crippen LogP contribution in [0.3, 0.4) is 0 Å². The molecule has 2 nitrogen and oxygen atoms in total. The summed E-state index contributed by atoms with van der Waals surface area (Å²) in [7, 11) is 0. The van der Waals surface area contributed by atoms with Crippen molar-refractivity contribution >= 4 is 11.6 Å². The van der Waals surface area contributed by atoms with Gasteiger partial charge in [0, 0.05) is 17.8 Å². The van der Waals surface area contributed by atoms with Crippen LogP contribution in [-0.4, -0.2) is 11.6 Å². The summed E-state index contributed by atoms with van der Waals surface area (Å²) < 4.78 is 0. The zero-order chi connectivity index (χ0) is 18.6. The number of carbonyl (C=O) groups is 2. The smallest absolute Gasteiger partial charge is 0.139 e. The number of hydrogen-bond acceptors (Lipinski definition) is 2. The number of fused-ring (bicyclic) bond motifs is 1. The fourth-order valence-corrected chi connectivity index (χ4v) is 4.07. The predicted octanol–water partition coefficient (Wildman–Crippen LogP) is 5.27. The van der Waals surface area contributed by atoms with Gasteiger partial charge in [-0.1, -0.05) is 64.8 Å². The molecule has 0 radical (unpaired) electrons. The van der Waals surface area contributed by atoms with Crippen molar-refractivity contribution in [2.75, 3.05) is 0 Å². The molecule has 138 valence electrons. The van der Waals surface area contributed by atoms with Crippen molar-refractivity contribution in [1.82, 2.24) is 0 Å². The van der Waals surface area contributed by atoms with Crippen LogP contribution in [0.5, 0.6) is 0 Å². The van der Waals surface area contributed by atoms with Crippen molar-refractivity contribution in [2.24, 2.45) is 29.6 Å². The van der Waals surface area contributed by atoms with Crippen LogP contribution >= 0.6 is 0 Å². The highest BCUT2D eigenvalue weighted by molar-refractivity contribution is 5.83. The standard InChI is InChI=1S/C23H34O2/c1-15(9-8-10-16(2)19(5)24)17(3)23(25)18(4)22-13-20-11-6-7-12-21(20)14-22/h6-7,11-12,15-18,22H,8-10,13-14H2,1-5H3. The van der Waals surface area contributed by atoms with Crippen LogP contribution in [0.4, 0.5) is 0 Å². The van der Waals surface area contributed by atoms with Crippen LogP contribution in [0, 0.1) is 29.6 Å². The van der Waals surface area contributed by atoms with Gasteiger partial charge in [-0.05, 0) is 49.1 Å². The van der Waals surface area contributed by atoms with Gasteiger partial charge < -0.3 is 0 Å². The van der Waals surface area contributed by atoms with E-state index in [4.69, 9.17) is 0 Å². The molecule has 0 spiro atoms. The molecular weight excluding hydrogens is 308 g/mol. The molecule has 0 aromatic heterocycles. The van der Waals surface area contributed by atoms with Gasteiger partial charge in [-0.3, -0.25) is 9.59 Å². The summed E-state index contributed by atoms with van der Waals surface area (Å²) in [6.45, 7) is 10.1. The van der Waals surface area contributed by atoms with Crippen molar-refractivity contribution in [1.29, 1.82) is 0 Å². The first-order chi connectivity index (χ1) is 11.8. The predicted molar refractivity (Wildman–Crippen MR) is 104 cm³/mol. The molecule has 1 aromatic carbocycles. The van der Waals surface area contributed by atoms with Gasteiger partial charge in [-0.25, -0.2) is 0 Å². The molecule has 0 aliphatic heterocycles. The molecule has 2 rings (SSSR count). The van der Waals surface area contributed by atoms with E-state index >= 15 is 0 Å². The van der Waals surface area contributed by atoms with E-state index in [1.165, 1.54) is 11.1 Å². The molecule has 0 bridgehead atoms. The van der Waals surface area contributed by atoms with Crippen molar-refractivity contribution in [2.45, 2.75) is 66.7 Å². The van der Waals surface area contributed by atoms with Gasteiger partial charge >= 0.3 is 0 Å². The molecule has 0 amide bonds. The summed E-state index contributed by atoms with van der Waals surface area (Å²) in [5.41, 5.74) is 2.84. The Morgan fingerprint density at radius 1 is 1.00 bits per heavy atom. The lowest BCUT2D eigenvalue weighted by atomic mass is 9.78. The van der Waals surface area contributed by atoms with E-state index in [-0.39, 0.29) is 23.5 Å². The van der Waals surface area contributed by atoms with Gasteiger partial charge in [0.2, 0.25) is 0 Å². The number of carbonyl (C=O) groups excluding carboxylic acids is 2. The van der Waals surface area contributed by atoms with Crippen LogP contribution in [0.25, 0.3) is 0 Å². The second-order valence-electron chi connectivity index (χ2n) is 8.34. The molecule has 0 N–H and O–H groups in total. The van der Waals surface area contributed by atoms with Gasteiger partial charge in [-0.15, -0.1) is 0 Å². The molecule has 1 aliphatic carbocycles. The largest absolute Gasteiger partial charge is 0.300 e. The first kappa shape index (κ1) is 19.9. The zero-order valence-corrected chi connectivity index (χ0v) is 16.5.